The number of imidazole rings is 1. The van der Waals surface area contributed by atoms with E-state index in [1.807, 2.05) is 24.4 Å². The van der Waals surface area contributed by atoms with Crippen LogP contribution in [0.15, 0.2) is 54.9 Å². The number of anilines is 2. The summed E-state index contributed by atoms with van der Waals surface area (Å²) in [7, 11) is 0. The first kappa shape index (κ1) is 14.4. The fourth-order valence-corrected chi connectivity index (χ4v) is 2.47. The Morgan fingerprint density at radius 3 is 2.38 bits per heavy atom. The number of carbonyl (C=O) groups is 2. The highest BCUT2D eigenvalue weighted by Gasteiger charge is 2.29. The zero-order chi connectivity index (χ0) is 16.5. The standard InChI is InChI=1S/C18H16N4O2/c23-17(12-4-5-12)19-13-6-8-14(9-7-13)20-18(24)15-11-22-10-2-1-3-16(22)21-15/h1-3,6-12H,4-5H2,(H,19,23)(H,20,24). The molecule has 0 spiro atoms. The van der Waals surface area contributed by atoms with E-state index < -0.39 is 0 Å². The van der Waals surface area contributed by atoms with Crippen molar-refractivity contribution in [1.82, 2.24) is 9.38 Å². The van der Waals surface area contributed by atoms with Crippen LogP contribution in [-0.4, -0.2) is 21.2 Å². The Kier molecular flexibility index (Phi) is 3.49. The van der Waals surface area contributed by atoms with Crippen molar-refractivity contribution in [2.45, 2.75) is 12.8 Å². The van der Waals surface area contributed by atoms with Gasteiger partial charge in [-0.05, 0) is 49.2 Å². The van der Waals surface area contributed by atoms with Crippen LogP contribution in [0, 0.1) is 5.92 Å². The Bertz CT molecular complexity index is 877. The first-order chi connectivity index (χ1) is 11.7. The number of aromatic nitrogens is 2. The van der Waals surface area contributed by atoms with Gasteiger partial charge in [-0.2, -0.15) is 0 Å². The SMILES string of the molecule is O=C(Nc1ccc(NC(=O)C2CC2)cc1)c1cn2ccccc2n1. The fourth-order valence-electron chi connectivity index (χ4n) is 2.47. The minimum absolute atomic E-state index is 0.0662. The van der Waals surface area contributed by atoms with Crippen molar-refractivity contribution in [3.63, 3.8) is 0 Å². The fraction of sp³-hybridized carbons (Fsp3) is 0.167. The molecule has 4 rings (SSSR count). The van der Waals surface area contributed by atoms with Crippen molar-refractivity contribution in [1.29, 1.82) is 0 Å². The number of fused-ring (bicyclic) bond motifs is 1. The lowest BCUT2D eigenvalue weighted by atomic mass is 10.2. The van der Waals surface area contributed by atoms with Crippen molar-refractivity contribution < 1.29 is 9.59 Å². The summed E-state index contributed by atoms with van der Waals surface area (Å²) < 4.78 is 1.80. The molecule has 0 bridgehead atoms. The summed E-state index contributed by atoms with van der Waals surface area (Å²) in [5.74, 6) is -0.0376. The van der Waals surface area contributed by atoms with E-state index in [9.17, 15) is 9.59 Å². The highest BCUT2D eigenvalue weighted by atomic mass is 16.2. The number of hydrogen-bond acceptors (Lipinski definition) is 3. The van der Waals surface area contributed by atoms with E-state index in [2.05, 4.69) is 15.6 Å². The van der Waals surface area contributed by atoms with E-state index in [1.54, 1.807) is 34.9 Å². The molecule has 6 nitrogen and oxygen atoms in total. The number of amides is 2. The van der Waals surface area contributed by atoms with Crippen LogP contribution in [0.25, 0.3) is 5.65 Å². The maximum atomic E-state index is 12.3. The van der Waals surface area contributed by atoms with Crippen LogP contribution in [0.1, 0.15) is 23.3 Å². The van der Waals surface area contributed by atoms with Crippen molar-refractivity contribution in [2.24, 2.45) is 5.92 Å². The molecule has 3 aromatic rings. The third kappa shape index (κ3) is 2.99. The van der Waals surface area contributed by atoms with E-state index in [0.29, 0.717) is 11.4 Å². The number of nitrogens with one attached hydrogen (secondary N) is 2. The van der Waals surface area contributed by atoms with Crippen molar-refractivity contribution >= 4 is 28.8 Å². The number of rotatable bonds is 4. The van der Waals surface area contributed by atoms with E-state index in [4.69, 9.17) is 0 Å². The molecule has 1 aromatic carbocycles. The molecule has 2 heterocycles. The normalized spacial score (nSPS) is 13.7. The first-order valence-corrected chi connectivity index (χ1v) is 7.85. The van der Waals surface area contributed by atoms with Gasteiger partial charge in [0, 0.05) is 29.7 Å². The Morgan fingerprint density at radius 2 is 1.71 bits per heavy atom. The lowest BCUT2D eigenvalue weighted by Gasteiger charge is -2.06. The summed E-state index contributed by atoms with van der Waals surface area (Å²) in [6.07, 6.45) is 5.48. The summed E-state index contributed by atoms with van der Waals surface area (Å²) in [5.41, 5.74) is 2.47. The molecule has 120 valence electrons. The Hall–Kier alpha value is -3.15. The van der Waals surface area contributed by atoms with Gasteiger partial charge in [-0.3, -0.25) is 9.59 Å². The second-order valence-corrected chi connectivity index (χ2v) is 5.89. The van der Waals surface area contributed by atoms with Gasteiger partial charge < -0.3 is 15.0 Å². The van der Waals surface area contributed by atoms with Crippen LogP contribution in [0.4, 0.5) is 11.4 Å². The van der Waals surface area contributed by atoms with Gasteiger partial charge in [0.05, 0.1) is 0 Å². The molecule has 1 fully saturated rings. The molecular weight excluding hydrogens is 304 g/mol. The van der Waals surface area contributed by atoms with Gasteiger partial charge in [0.2, 0.25) is 5.91 Å². The second-order valence-electron chi connectivity index (χ2n) is 5.89. The highest BCUT2D eigenvalue weighted by Crippen LogP contribution is 2.30. The van der Waals surface area contributed by atoms with Crippen LogP contribution in [0.3, 0.4) is 0 Å². The zero-order valence-electron chi connectivity index (χ0n) is 12.9. The summed E-state index contributed by atoms with van der Waals surface area (Å²) in [6, 6.07) is 12.7. The van der Waals surface area contributed by atoms with E-state index >= 15 is 0 Å². The van der Waals surface area contributed by atoms with Gasteiger partial charge in [-0.25, -0.2) is 4.98 Å². The third-order valence-electron chi connectivity index (χ3n) is 3.96. The van der Waals surface area contributed by atoms with E-state index in [0.717, 1.165) is 24.2 Å². The van der Waals surface area contributed by atoms with Crippen molar-refractivity contribution in [3.8, 4) is 0 Å². The number of hydrogen-bond donors (Lipinski definition) is 2. The minimum Gasteiger partial charge on any atom is -0.326 e. The van der Waals surface area contributed by atoms with Crippen molar-refractivity contribution in [2.75, 3.05) is 10.6 Å². The molecule has 0 saturated heterocycles. The van der Waals surface area contributed by atoms with Gasteiger partial charge in [0.1, 0.15) is 11.3 Å². The number of nitrogens with zero attached hydrogens (tertiary/aromatic N) is 2. The molecule has 0 radical (unpaired) electrons. The summed E-state index contributed by atoms with van der Waals surface area (Å²) in [5, 5.41) is 5.67. The van der Waals surface area contributed by atoms with Crippen LogP contribution in [0.2, 0.25) is 0 Å². The number of benzene rings is 1. The molecule has 2 N–H and O–H groups in total. The summed E-state index contributed by atoms with van der Waals surface area (Å²) in [4.78, 5) is 28.3. The molecule has 1 aliphatic rings. The first-order valence-electron chi connectivity index (χ1n) is 7.85. The van der Waals surface area contributed by atoms with Crippen molar-refractivity contribution in [3.05, 3.63) is 60.6 Å². The minimum atomic E-state index is -0.270. The third-order valence-corrected chi connectivity index (χ3v) is 3.96. The number of carbonyl (C=O) groups excluding carboxylic acids is 2. The Labute approximate surface area is 138 Å². The van der Waals surface area contributed by atoms with Crippen LogP contribution >= 0.6 is 0 Å². The van der Waals surface area contributed by atoms with Crippen LogP contribution in [0.5, 0.6) is 0 Å². The monoisotopic (exact) mass is 320 g/mol. The maximum Gasteiger partial charge on any atom is 0.275 e. The molecule has 6 heteroatoms. The highest BCUT2D eigenvalue weighted by molar-refractivity contribution is 6.03. The molecule has 0 atom stereocenters. The molecule has 1 aliphatic carbocycles. The quantitative estimate of drug-likeness (QED) is 0.776. The van der Waals surface area contributed by atoms with Crippen LogP contribution in [-0.2, 0) is 4.79 Å². The largest absolute Gasteiger partial charge is 0.326 e. The summed E-state index contributed by atoms with van der Waals surface area (Å²) in [6.45, 7) is 0. The Morgan fingerprint density at radius 1 is 1.00 bits per heavy atom. The van der Waals surface area contributed by atoms with E-state index in [1.165, 1.54) is 0 Å². The summed E-state index contributed by atoms with van der Waals surface area (Å²) >= 11 is 0. The average molecular weight is 320 g/mol. The average Bonchev–Trinajstić information content (AvgIpc) is 3.35. The van der Waals surface area contributed by atoms with Gasteiger partial charge in [-0.15, -0.1) is 0 Å². The van der Waals surface area contributed by atoms with Gasteiger partial charge in [0.15, 0.2) is 0 Å². The zero-order valence-corrected chi connectivity index (χ0v) is 12.9. The molecule has 1 saturated carbocycles. The predicted octanol–water partition coefficient (Wildman–Crippen LogP) is 2.94. The van der Waals surface area contributed by atoms with Gasteiger partial charge in [-0.1, -0.05) is 6.07 Å². The van der Waals surface area contributed by atoms with Gasteiger partial charge >= 0.3 is 0 Å². The van der Waals surface area contributed by atoms with Crippen LogP contribution < -0.4 is 10.6 Å². The Balaban J connectivity index is 1.44. The lowest BCUT2D eigenvalue weighted by Crippen LogP contribution is -2.14. The molecule has 2 aromatic heterocycles. The lowest BCUT2D eigenvalue weighted by molar-refractivity contribution is -0.117. The molecule has 2 amide bonds. The molecule has 0 aliphatic heterocycles. The smallest absolute Gasteiger partial charge is 0.275 e. The number of pyridine rings is 1. The maximum absolute atomic E-state index is 12.3. The van der Waals surface area contributed by atoms with E-state index in [-0.39, 0.29) is 17.7 Å². The predicted molar refractivity (Wildman–Crippen MR) is 90.9 cm³/mol. The van der Waals surface area contributed by atoms with Gasteiger partial charge in [0.25, 0.3) is 5.91 Å². The molecule has 24 heavy (non-hydrogen) atoms. The molecule has 0 unspecified atom stereocenters. The topological polar surface area (TPSA) is 75.5 Å². The second kappa shape index (κ2) is 5.81. The molecular formula is C18H16N4O2.